The Hall–Kier alpha value is -1.39. The molecule has 0 radical (unpaired) electrons. The van der Waals surface area contributed by atoms with Gasteiger partial charge in [-0.1, -0.05) is 20.8 Å². The molecule has 1 heterocycles. The first-order chi connectivity index (χ1) is 10.0. The average Bonchev–Trinajstić information content (AvgIpc) is 2.44. The first-order valence-electron chi connectivity index (χ1n) is 7.87. The highest BCUT2D eigenvalue weighted by Crippen LogP contribution is 2.31. The Bertz CT molecular complexity index is 479. The topological polar surface area (TPSA) is 37.0 Å². The molecule has 1 fully saturated rings. The second kappa shape index (κ2) is 7.05. The van der Waals surface area contributed by atoms with Crippen molar-refractivity contribution in [2.24, 2.45) is 11.8 Å². The maximum absolute atomic E-state index is 13.9. The summed E-state index contributed by atoms with van der Waals surface area (Å²) in [6, 6.07) is 1.12. The molecule has 3 unspecified atom stereocenters. The van der Waals surface area contributed by atoms with Crippen LogP contribution in [0.5, 0.6) is 0 Å². The SMILES string of the molecule is CCCNc1nc(NC2CCC(C)C(C)C2)c(F)cc1F. The molecule has 0 aliphatic heterocycles. The number of hydrogen-bond donors (Lipinski definition) is 2. The van der Waals surface area contributed by atoms with E-state index in [9.17, 15) is 8.78 Å². The van der Waals surface area contributed by atoms with E-state index in [0.717, 1.165) is 31.7 Å². The molecule has 1 saturated carbocycles. The predicted molar refractivity (Wildman–Crippen MR) is 82.5 cm³/mol. The van der Waals surface area contributed by atoms with Crippen molar-refractivity contribution in [2.45, 2.75) is 52.5 Å². The van der Waals surface area contributed by atoms with E-state index in [1.54, 1.807) is 0 Å². The van der Waals surface area contributed by atoms with E-state index in [0.29, 0.717) is 18.4 Å². The Morgan fingerprint density at radius 3 is 2.52 bits per heavy atom. The highest BCUT2D eigenvalue weighted by molar-refractivity contribution is 5.48. The van der Waals surface area contributed by atoms with Crippen LogP contribution < -0.4 is 10.6 Å². The molecule has 2 rings (SSSR count). The van der Waals surface area contributed by atoms with Gasteiger partial charge in [-0.2, -0.15) is 0 Å². The monoisotopic (exact) mass is 297 g/mol. The first kappa shape index (κ1) is 16.0. The van der Waals surface area contributed by atoms with Gasteiger partial charge >= 0.3 is 0 Å². The molecule has 1 aromatic rings. The lowest BCUT2D eigenvalue weighted by molar-refractivity contribution is 0.260. The molecule has 1 aliphatic rings. The molecule has 1 aliphatic carbocycles. The van der Waals surface area contributed by atoms with Gasteiger partial charge in [0.2, 0.25) is 0 Å². The third-order valence-electron chi connectivity index (χ3n) is 4.41. The van der Waals surface area contributed by atoms with Gasteiger partial charge in [-0.15, -0.1) is 0 Å². The smallest absolute Gasteiger partial charge is 0.168 e. The molecular formula is C16H25F2N3. The number of rotatable bonds is 5. The van der Waals surface area contributed by atoms with Gasteiger partial charge in [0.15, 0.2) is 23.3 Å². The van der Waals surface area contributed by atoms with Gasteiger partial charge in [0.05, 0.1) is 0 Å². The average molecular weight is 297 g/mol. The zero-order valence-electron chi connectivity index (χ0n) is 13.0. The molecule has 5 heteroatoms. The summed E-state index contributed by atoms with van der Waals surface area (Å²) < 4.78 is 27.5. The fraction of sp³-hybridized carbons (Fsp3) is 0.688. The number of pyridine rings is 1. The van der Waals surface area contributed by atoms with Crippen molar-refractivity contribution in [1.82, 2.24) is 4.98 Å². The Balaban J connectivity index is 2.08. The Morgan fingerprint density at radius 1 is 1.14 bits per heavy atom. The lowest BCUT2D eigenvalue weighted by atomic mass is 9.79. The van der Waals surface area contributed by atoms with Gasteiger partial charge in [-0.3, -0.25) is 0 Å². The fourth-order valence-electron chi connectivity index (χ4n) is 2.81. The van der Waals surface area contributed by atoms with Crippen LogP contribution in [0.15, 0.2) is 6.07 Å². The van der Waals surface area contributed by atoms with E-state index in [-0.39, 0.29) is 17.7 Å². The van der Waals surface area contributed by atoms with Crippen molar-refractivity contribution in [3.05, 3.63) is 17.7 Å². The minimum atomic E-state index is -0.642. The number of nitrogens with one attached hydrogen (secondary N) is 2. The molecule has 1 aromatic heterocycles. The van der Waals surface area contributed by atoms with Gasteiger partial charge in [-0.25, -0.2) is 13.8 Å². The normalized spacial score (nSPS) is 25.7. The molecule has 0 aromatic carbocycles. The third-order valence-corrected chi connectivity index (χ3v) is 4.41. The highest BCUT2D eigenvalue weighted by Gasteiger charge is 2.25. The Morgan fingerprint density at radius 2 is 1.86 bits per heavy atom. The summed E-state index contributed by atoms with van der Waals surface area (Å²) >= 11 is 0. The van der Waals surface area contributed by atoms with Crippen molar-refractivity contribution >= 4 is 11.6 Å². The quantitative estimate of drug-likeness (QED) is 0.845. The van der Waals surface area contributed by atoms with Crippen molar-refractivity contribution in [1.29, 1.82) is 0 Å². The van der Waals surface area contributed by atoms with Crippen LogP contribution in [0.2, 0.25) is 0 Å². The molecule has 2 N–H and O–H groups in total. The Kier molecular flexibility index (Phi) is 5.37. The van der Waals surface area contributed by atoms with Crippen LogP contribution in [0.1, 0.15) is 46.5 Å². The zero-order valence-corrected chi connectivity index (χ0v) is 13.0. The van der Waals surface area contributed by atoms with Crippen LogP contribution in [0, 0.1) is 23.5 Å². The minimum Gasteiger partial charge on any atom is -0.368 e. The van der Waals surface area contributed by atoms with E-state index in [2.05, 4.69) is 29.5 Å². The van der Waals surface area contributed by atoms with Crippen LogP contribution in [0.3, 0.4) is 0 Å². The van der Waals surface area contributed by atoms with Gasteiger partial charge < -0.3 is 10.6 Å². The molecule has 118 valence electrons. The van der Waals surface area contributed by atoms with E-state index in [1.165, 1.54) is 0 Å². The van der Waals surface area contributed by atoms with E-state index in [4.69, 9.17) is 0 Å². The molecule has 0 amide bonds. The highest BCUT2D eigenvalue weighted by atomic mass is 19.1. The van der Waals surface area contributed by atoms with E-state index >= 15 is 0 Å². The van der Waals surface area contributed by atoms with Crippen molar-refractivity contribution < 1.29 is 8.78 Å². The van der Waals surface area contributed by atoms with E-state index < -0.39 is 11.6 Å². The zero-order chi connectivity index (χ0) is 15.4. The maximum Gasteiger partial charge on any atom is 0.168 e. The van der Waals surface area contributed by atoms with Gasteiger partial charge in [-0.05, 0) is 37.5 Å². The minimum absolute atomic E-state index is 0.123. The second-order valence-electron chi connectivity index (χ2n) is 6.18. The van der Waals surface area contributed by atoms with Crippen LogP contribution in [0.25, 0.3) is 0 Å². The van der Waals surface area contributed by atoms with Crippen LogP contribution in [0.4, 0.5) is 20.4 Å². The summed E-state index contributed by atoms with van der Waals surface area (Å²) in [5.74, 6) is 0.325. The van der Waals surface area contributed by atoms with E-state index in [1.807, 2.05) is 6.92 Å². The lowest BCUT2D eigenvalue weighted by Gasteiger charge is -2.32. The van der Waals surface area contributed by atoms with Crippen LogP contribution in [-0.4, -0.2) is 17.6 Å². The molecule has 0 saturated heterocycles. The second-order valence-corrected chi connectivity index (χ2v) is 6.18. The number of aromatic nitrogens is 1. The Labute approximate surface area is 125 Å². The van der Waals surface area contributed by atoms with Crippen molar-refractivity contribution in [2.75, 3.05) is 17.2 Å². The van der Waals surface area contributed by atoms with Crippen LogP contribution >= 0.6 is 0 Å². The number of anilines is 2. The number of halogens is 2. The van der Waals surface area contributed by atoms with Gasteiger partial charge in [0.1, 0.15) is 0 Å². The first-order valence-corrected chi connectivity index (χ1v) is 7.87. The van der Waals surface area contributed by atoms with Crippen molar-refractivity contribution in [3.8, 4) is 0 Å². The summed E-state index contributed by atoms with van der Waals surface area (Å²) in [5, 5.41) is 6.04. The molecular weight excluding hydrogens is 272 g/mol. The van der Waals surface area contributed by atoms with Crippen LogP contribution in [-0.2, 0) is 0 Å². The van der Waals surface area contributed by atoms with Gasteiger partial charge in [0, 0.05) is 18.7 Å². The predicted octanol–water partition coefficient (Wildman–Crippen LogP) is 4.42. The molecule has 21 heavy (non-hydrogen) atoms. The molecule has 3 nitrogen and oxygen atoms in total. The molecule has 3 atom stereocenters. The largest absolute Gasteiger partial charge is 0.368 e. The fourth-order valence-corrected chi connectivity index (χ4v) is 2.81. The van der Waals surface area contributed by atoms with Gasteiger partial charge in [0.25, 0.3) is 0 Å². The number of nitrogens with zero attached hydrogens (tertiary/aromatic N) is 1. The summed E-state index contributed by atoms with van der Waals surface area (Å²) in [4.78, 5) is 4.08. The summed E-state index contributed by atoms with van der Waals surface area (Å²) in [6.45, 7) is 7.08. The molecule has 0 bridgehead atoms. The van der Waals surface area contributed by atoms with Crippen molar-refractivity contribution in [3.63, 3.8) is 0 Å². The number of hydrogen-bond acceptors (Lipinski definition) is 3. The summed E-state index contributed by atoms with van der Waals surface area (Å²) in [6.07, 6.45) is 3.99. The maximum atomic E-state index is 13.9. The third kappa shape index (κ3) is 4.05. The standard InChI is InChI=1S/C16H25F2N3/c1-4-7-19-15-13(17)9-14(18)16(21-15)20-12-6-5-10(2)11(3)8-12/h9-12H,4-8H2,1-3H3,(H2,19,20,21). The summed E-state index contributed by atoms with van der Waals surface area (Å²) in [5.41, 5.74) is 0. The summed E-state index contributed by atoms with van der Waals surface area (Å²) in [7, 11) is 0. The molecule has 0 spiro atoms. The lowest BCUT2D eigenvalue weighted by Crippen LogP contribution is -2.31.